The number of unbranched alkanes of at least 4 members (excludes halogenated alkanes) is 12. The summed E-state index contributed by atoms with van der Waals surface area (Å²) in [6, 6.07) is 22.9. The van der Waals surface area contributed by atoms with Crippen molar-refractivity contribution in [1.82, 2.24) is 0 Å². The van der Waals surface area contributed by atoms with Crippen LogP contribution >= 0.6 is 0 Å². The fourth-order valence-electron chi connectivity index (χ4n) is 3.75. The maximum absolute atomic E-state index is 3.06. The van der Waals surface area contributed by atoms with Crippen LogP contribution in [0.25, 0.3) is 0 Å². The van der Waals surface area contributed by atoms with Gasteiger partial charge in [-0.15, -0.1) is 0 Å². The van der Waals surface area contributed by atoms with Crippen molar-refractivity contribution in [1.29, 1.82) is 0 Å². The van der Waals surface area contributed by atoms with Gasteiger partial charge in [-0.3, -0.25) is 0 Å². The number of hydrogen-bond donors (Lipinski definition) is 0. The summed E-state index contributed by atoms with van der Waals surface area (Å²) in [7, 11) is 0. The maximum Gasteiger partial charge on any atom is 0 e. The summed E-state index contributed by atoms with van der Waals surface area (Å²) >= 11 is 0. The third-order valence-corrected chi connectivity index (χ3v) is 5.71. The van der Waals surface area contributed by atoms with Gasteiger partial charge in [-0.25, -0.2) is 0 Å². The Bertz CT molecular complexity index is 514. The first-order valence-electron chi connectivity index (χ1n) is 12.8. The summed E-state index contributed by atoms with van der Waals surface area (Å²) in [4.78, 5) is 0. The van der Waals surface area contributed by atoms with E-state index in [4.69, 9.17) is 0 Å². The second-order valence-corrected chi connectivity index (χ2v) is 8.56. The van der Waals surface area contributed by atoms with E-state index >= 15 is 0 Å². The van der Waals surface area contributed by atoms with Crippen molar-refractivity contribution in [3.8, 4) is 0 Å². The van der Waals surface area contributed by atoms with Crippen LogP contribution in [0.15, 0.2) is 48.5 Å². The van der Waals surface area contributed by atoms with Crippen LogP contribution < -0.4 is 0 Å². The number of benzene rings is 2. The molecule has 0 aliphatic rings. The van der Waals surface area contributed by atoms with Gasteiger partial charge in [-0.1, -0.05) is 117 Å². The summed E-state index contributed by atoms with van der Waals surface area (Å²) < 4.78 is 0. The van der Waals surface area contributed by atoms with Crippen LogP contribution in [0.3, 0.4) is 0 Å². The summed E-state index contributed by atoms with van der Waals surface area (Å²) in [5.41, 5.74) is 2.92. The van der Waals surface area contributed by atoms with Gasteiger partial charge in [0, 0.05) is 81.7 Å². The van der Waals surface area contributed by atoms with Gasteiger partial charge in [0.15, 0.2) is 0 Å². The molecule has 0 spiro atoms. The quantitative estimate of drug-likeness (QED) is 0.121. The van der Waals surface area contributed by atoms with E-state index in [0.717, 1.165) is 0 Å². The molecule has 32 heavy (non-hydrogen) atoms. The molecule has 2 heteroatoms. The van der Waals surface area contributed by atoms with Crippen molar-refractivity contribution in [2.75, 3.05) is 0 Å². The zero-order valence-corrected chi connectivity index (χ0v) is 27.3. The Morgan fingerprint density at radius 2 is 0.719 bits per heavy atom. The van der Waals surface area contributed by atoms with E-state index < -0.39 is 0 Å². The van der Waals surface area contributed by atoms with Crippen LogP contribution in [-0.4, -0.2) is 0 Å². The molecule has 0 saturated carbocycles. The average Bonchev–Trinajstić information content (AvgIpc) is 2.80. The molecule has 0 amide bonds. The molecule has 0 radical (unpaired) electrons. The Hall–Kier alpha value is 1.14. The molecule has 176 valence electrons. The maximum atomic E-state index is 3.06. The third kappa shape index (κ3) is 22.9. The molecule has 0 saturated heterocycles. The standard InChI is InChI=1S/2C15H23.2Nd/c2*1-2-3-4-5-6-7-9-12-15-13-10-8-11-14-15;;/h2*10-11,13-14H,2-7,9,12H2,1H3;;/q2*-1;;. The van der Waals surface area contributed by atoms with Gasteiger partial charge >= 0.3 is 0 Å². The van der Waals surface area contributed by atoms with Gasteiger partial charge in [0.25, 0.3) is 0 Å². The van der Waals surface area contributed by atoms with Crippen molar-refractivity contribution in [2.24, 2.45) is 0 Å². The fraction of sp³-hybridized carbons (Fsp3) is 0.600. The zero-order valence-electron chi connectivity index (χ0n) is 20.9. The summed E-state index contributed by atoms with van der Waals surface area (Å²) in [5.74, 6) is 0. The molecule has 0 fully saturated rings. The van der Waals surface area contributed by atoms with Gasteiger partial charge < -0.3 is 0 Å². The molecular formula is C30H46Nd2-2. The molecule has 0 bridgehead atoms. The Morgan fingerprint density at radius 1 is 0.438 bits per heavy atom. The summed E-state index contributed by atoms with van der Waals surface area (Å²) in [6.07, 6.45) is 22.0. The van der Waals surface area contributed by atoms with E-state index in [1.54, 1.807) is 0 Å². The molecule has 0 aliphatic heterocycles. The smallest absolute Gasteiger partial charge is 0 e. The van der Waals surface area contributed by atoms with Gasteiger partial charge in [0.05, 0.1) is 0 Å². The Morgan fingerprint density at radius 3 is 1.03 bits per heavy atom. The van der Waals surface area contributed by atoms with Crippen LogP contribution in [-0.2, 0) is 12.8 Å². The van der Waals surface area contributed by atoms with Crippen LogP contribution in [0.1, 0.15) is 115 Å². The van der Waals surface area contributed by atoms with E-state index in [2.05, 4.69) is 50.2 Å². The third-order valence-electron chi connectivity index (χ3n) is 5.71. The van der Waals surface area contributed by atoms with Gasteiger partial charge in [-0.2, -0.15) is 71.8 Å². The fourth-order valence-corrected chi connectivity index (χ4v) is 3.75. The van der Waals surface area contributed by atoms with Gasteiger partial charge in [-0.05, 0) is 0 Å². The van der Waals surface area contributed by atoms with Crippen LogP contribution in [0.4, 0.5) is 0 Å². The molecule has 0 aliphatic carbocycles. The topological polar surface area (TPSA) is 0 Å². The van der Waals surface area contributed by atoms with Crippen LogP contribution in [0.2, 0.25) is 0 Å². The second kappa shape index (κ2) is 28.4. The van der Waals surface area contributed by atoms with Crippen LogP contribution in [0.5, 0.6) is 0 Å². The average molecular weight is 695 g/mol. The number of rotatable bonds is 16. The van der Waals surface area contributed by atoms with Crippen molar-refractivity contribution in [3.05, 3.63) is 71.8 Å². The van der Waals surface area contributed by atoms with Crippen molar-refractivity contribution < 1.29 is 81.7 Å². The van der Waals surface area contributed by atoms with E-state index in [0.29, 0.717) is 0 Å². The normalized spacial score (nSPS) is 9.81. The predicted octanol–water partition coefficient (Wildman–Crippen LogP) is 9.56. The van der Waals surface area contributed by atoms with E-state index in [9.17, 15) is 0 Å². The molecular weight excluding hydrogens is 649 g/mol. The molecule has 0 nitrogen and oxygen atoms in total. The minimum absolute atomic E-state index is 0. The van der Waals surface area contributed by atoms with Crippen molar-refractivity contribution in [2.45, 2.75) is 117 Å². The minimum Gasteiger partial charge on any atom is -0.184 e. The number of aryl methyl sites for hydroxylation is 2. The SMILES string of the molecule is CCCCCCCCCc1cc[c-]cc1.CCCCCCCCCc1cc[c-]cc1.[Nd].[Nd]. The van der Waals surface area contributed by atoms with Gasteiger partial charge in [0.2, 0.25) is 0 Å². The van der Waals surface area contributed by atoms with Crippen LogP contribution in [0, 0.1) is 93.8 Å². The molecule has 0 aromatic heterocycles. The van der Waals surface area contributed by atoms with Crippen molar-refractivity contribution >= 4 is 0 Å². The van der Waals surface area contributed by atoms with E-state index in [1.807, 2.05) is 24.3 Å². The van der Waals surface area contributed by atoms with Gasteiger partial charge in [0.1, 0.15) is 0 Å². The molecule has 0 heterocycles. The van der Waals surface area contributed by atoms with E-state index in [1.165, 1.54) is 114 Å². The van der Waals surface area contributed by atoms with E-state index in [-0.39, 0.29) is 81.7 Å². The molecule has 2 aromatic carbocycles. The molecule has 2 rings (SSSR count). The zero-order chi connectivity index (χ0) is 21.5. The second-order valence-electron chi connectivity index (χ2n) is 8.56. The molecule has 2 aromatic rings. The Kier molecular flexibility index (Phi) is 31.3. The molecule has 0 N–H and O–H groups in total. The number of hydrogen-bond acceptors (Lipinski definition) is 0. The largest absolute Gasteiger partial charge is 0.184 e. The minimum atomic E-state index is 0. The Labute approximate surface area is 266 Å². The van der Waals surface area contributed by atoms with Crippen molar-refractivity contribution in [3.63, 3.8) is 0 Å². The predicted molar refractivity (Wildman–Crippen MR) is 134 cm³/mol. The first-order chi connectivity index (χ1) is 14.9. The molecule has 0 atom stereocenters. The Balaban J connectivity index is 0. The summed E-state index contributed by atoms with van der Waals surface area (Å²) in [6.45, 7) is 4.54. The first-order valence-corrected chi connectivity index (χ1v) is 12.8. The monoisotopic (exact) mass is 690 g/mol. The first kappa shape index (κ1) is 35.3. The summed E-state index contributed by atoms with van der Waals surface area (Å²) in [5, 5.41) is 0. The molecule has 0 unspecified atom stereocenters.